The minimum Gasteiger partial charge on any atom is -0.463 e. The summed E-state index contributed by atoms with van der Waals surface area (Å²) in [4.78, 5) is 11.7. The Morgan fingerprint density at radius 2 is 2.00 bits per heavy atom. The van der Waals surface area contributed by atoms with Crippen LogP contribution in [0.25, 0.3) is 0 Å². The summed E-state index contributed by atoms with van der Waals surface area (Å²) in [6.07, 6.45) is 2.67. The highest BCUT2D eigenvalue weighted by atomic mass is 16.5. The van der Waals surface area contributed by atoms with Gasteiger partial charge in [0.15, 0.2) is 0 Å². The van der Waals surface area contributed by atoms with Crippen molar-refractivity contribution in [3.05, 3.63) is 47.0 Å². The summed E-state index contributed by atoms with van der Waals surface area (Å²) in [5, 5.41) is 0. The van der Waals surface area contributed by atoms with Gasteiger partial charge in [-0.3, -0.25) is 0 Å². The van der Waals surface area contributed by atoms with E-state index in [2.05, 4.69) is 11.8 Å². The molecular weight excluding hydrogens is 224 g/mol. The SMILES string of the molecule is CCOC(=O)C1=C(C#Cc2ccccc2)CCC1. The van der Waals surface area contributed by atoms with Crippen LogP contribution < -0.4 is 0 Å². The van der Waals surface area contributed by atoms with Gasteiger partial charge in [0.25, 0.3) is 0 Å². The summed E-state index contributed by atoms with van der Waals surface area (Å²) in [6.45, 7) is 2.24. The Morgan fingerprint density at radius 1 is 1.22 bits per heavy atom. The van der Waals surface area contributed by atoms with Crippen molar-refractivity contribution in [2.24, 2.45) is 0 Å². The molecule has 0 heterocycles. The number of benzene rings is 1. The van der Waals surface area contributed by atoms with E-state index in [0.717, 1.165) is 36.0 Å². The number of ether oxygens (including phenoxy) is 1. The molecule has 0 unspecified atom stereocenters. The zero-order valence-electron chi connectivity index (χ0n) is 10.5. The van der Waals surface area contributed by atoms with Gasteiger partial charge >= 0.3 is 5.97 Å². The van der Waals surface area contributed by atoms with Gasteiger partial charge in [0.2, 0.25) is 0 Å². The molecule has 92 valence electrons. The molecule has 1 aliphatic rings. The lowest BCUT2D eigenvalue weighted by atomic mass is 10.1. The second-order valence-corrected chi connectivity index (χ2v) is 4.15. The van der Waals surface area contributed by atoms with E-state index < -0.39 is 0 Å². The third kappa shape index (κ3) is 3.01. The van der Waals surface area contributed by atoms with Crippen molar-refractivity contribution < 1.29 is 9.53 Å². The highest BCUT2D eigenvalue weighted by Crippen LogP contribution is 2.26. The maximum Gasteiger partial charge on any atom is 0.334 e. The molecule has 0 saturated carbocycles. The summed E-state index contributed by atoms with van der Waals surface area (Å²) in [6, 6.07) is 9.81. The van der Waals surface area contributed by atoms with Crippen LogP contribution in [-0.2, 0) is 9.53 Å². The predicted octanol–water partition coefficient (Wildman–Crippen LogP) is 3.08. The molecule has 0 N–H and O–H groups in total. The first kappa shape index (κ1) is 12.4. The standard InChI is InChI=1S/C16H16O2/c1-2-18-16(17)15-10-6-9-14(15)12-11-13-7-4-3-5-8-13/h3-5,7-8H,2,6,9-10H2,1H3. The molecule has 0 atom stereocenters. The lowest BCUT2D eigenvalue weighted by molar-refractivity contribution is -0.138. The van der Waals surface area contributed by atoms with Crippen molar-refractivity contribution in [1.29, 1.82) is 0 Å². The van der Waals surface area contributed by atoms with Crippen LogP contribution in [0.15, 0.2) is 41.5 Å². The van der Waals surface area contributed by atoms with Crippen LogP contribution in [0.3, 0.4) is 0 Å². The second kappa shape index (κ2) is 6.07. The number of allylic oxidation sites excluding steroid dienone is 1. The van der Waals surface area contributed by atoms with Crippen molar-refractivity contribution in [1.82, 2.24) is 0 Å². The number of esters is 1. The van der Waals surface area contributed by atoms with E-state index in [1.54, 1.807) is 0 Å². The predicted molar refractivity (Wildman–Crippen MR) is 70.8 cm³/mol. The number of rotatable bonds is 2. The molecule has 2 nitrogen and oxygen atoms in total. The van der Waals surface area contributed by atoms with Crippen molar-refractivity contribution >= 4 is 5.97 Å². The second-order valence-electron chi connectivity index (χ2n) is 4.15. The van der Waals surface area contributed by atoms with Gasteiger partial charge in [0.1, 0.15) is 0 Å². The van der Waals surface area contributed by atoms with E-state index in [1.165, 1.54) is 0 Å². The van der Waals surface area contributed by atoms with Crippen molar-refractivity contribution in [2.45, 2.75) is 26.2 Å². The van der Waals surface area contributed by atoms with Crippen LogP contribution in [0, 0.1) is 11.8 Å². The summed E-state index contributed by atoms with van der Waals surface area (Å²) in [5.41, 5.74) is 2.68. The zero-order chi connectivity index (χ0) is 12.8. The van der Waals surface area contributed by atoms with Gasteiger partial charge in [-0.15, -0.1) is 0 Å². The summed E-state index contributed by atoms with van der Waals surface area (Å²) < 4.78 is 5.04. The Bertz CT molecular complexity index is 515. The Balaban J connectivity index is 2.19. The largest absolute Gasteiger partial charge is 0.463 e. The van der Waals surface area contributed by atoms with E-state index in [0.29, 0.717) is 6.61 Å². The zero-order valence-corrected chi connectivity index (χ0v) is 10.5. The summed E-state index contributed by atoms with van der Waals surface area (Å²) in [5.74, 6) is 6.01. The Hall–Kier alpha value is -2.01. The first-order chi connectivity index (χ1) is 8.81. The van der Waals surface area contributed by atoms with E-state index in [9.17, 15) is 4.79 Å². The maximum absolute atomic E-state index is 11.7. The maximum atomic E-state index is 11.7. The third-order valence-corrected chi connectivity index (χ3v) is 2.87. The molecule has 2 heteroatoms. The number of carbonyl (C=O) groups excluding carboxylic acids is 1. The molecule has 0 bridgehead atoms. The Kier molecular flexibility index (Phi) is 4.20. The molecule has 18 heavy (non-hydrogen) atoms. The topological polar surface area (TPSA) is 26.3 Å². The highest BCUT2D eigenvalue weighted by molar-refractivity contribution is 5.91. The molecule has 0 amide bonds. The molecule has 0 saturated heterocycles. The molecule has 1 aromatic carbocycles. The molecule has 0 fully saturated rings. The van der Waals surface area contributed by atoms with Gasteiger partial charge in [-0.1, -0.05) is 30.0 Å². The molecule has 0 radical (unpaired) electrons. The average molecular weight is 240 g/mol. The monoisotopic (exact) mass is 240 g/mol. The highest BCUT2D eigenvalue weighted by Gasteiger charge is 2.20. The van der Waals surface area contributed by atoms with Gasteiger partial charge in [-0.2, -0.15) is 0 Å². The van der Waals surface area contributed by atoms with Gasteiger partial charge in [-0.25, -0.2) is 4.79 Å². The van der Waals surface area contributed by atoms with Crippen LogP contribution in [-0.4, -0.2) is 12.6 Å². The van der Waals surface area contributed by atoms with Crippen LogP contribution >= 0.6 is 0 Å². The number of hydrogen-bond donors (Lipinski definition) is 0. The number of carbonyl (C=O) groups is 1. The molecule has 2 rings (SSSR count). The van der Waals surface area contributed by atoms with Crippen LogP contribution in [0.1, 0.15) is 31.7 Å². The van der Waals surface area contributed by atoms with E-state index >= 15 is 0 Å². The average Bonchev–Trinajstić information content (AvgIpc) is 2.86. The number of hydrogen-bond acceptors (Lipinski definition) is 2. The van der Waals surface area contributed by atoms with Crippen LogP contribution in [0.5, 0.6) is 0 Å². The van der Waals surface area contributed by atoms with E-state index in [4.69, 9.17) is 4.74 Å². The van der Waals surface area contributed by atoms with Gasteiger partial charge in [0, 0.05) is 16.7 Å². The normalized spacial score (nSPS) is 14.1. The fraction of sp³-hybridized carbons (Fsp3) is 0.312. The Morgan fingerprint density at radius 3 is 2.72 bits per heavy atom. The van der Waals surface area contributed by atoms with Gasteiger partial charge in [-0.05, 0) is 38.3 Å². The van der Waals surface area contributed by atoms with Gasteiger partial charge in [0.05, 0.1) is 6.61 Å². The molecule has 1 aromatic rings. The fourth-order valence-corrected chi connectivity index (χ4v) is 1.99. The van der Waals surface area contributed by atoms with Crippen LogP contribution in [0.4, 0.5) is 0 Å². The summed E-state index contributed by atoms with van der Waals surface area (Å²) in [7, 11) is 0. The van der Waals surface area contributed by atoms with E-state index in [-0.39, 0.29) is 5.97 Å². The van der Waals surface area contributed by atoms with Crippen molar-refractivity contribution in [3.63, 3.8) is 0 Å². The minimum absolute atomic E-state index is 0.202. The minimum atomic E-state index is -0.202. The van der Waals surface area contributed by atoms with Crippen molar-refractivity contribution in [2.75, 3.05) is 6.61 Å². The Labute approximate surface area is 108 Å². The van der Waals surface area contributed by atoms with Crippen molar-refractivity contribution in [3.8, 4) is 11.8 Å². The van der Waals surface area contributed by atoms with Gasteiger partial charge < -0.3 is 4.74 Å². The smallest absolute Gasteiger partial charge is 0.334 e. The first-order valence-corrected chi connectivity index (χ1v) is 6.27. The molecule has 1 aliphatic carbocycles. The molecule has 0 aromatic heterocycles. The quantitative estimate of drug-likeness (QED) is 0.586. The third-order valence-electron chi connectivity index (χ3n) is 2.87. The fourth-order valence-electron chi connectivity index (χ4n) is 1.99. The first-order valence-electron chi connectivity index (χ1n) is 6.27. The summed E-state index contributed by atoms with van der Waals surface area (Å²) >= 11 is 0. The lowest BCUT2D eigenvalue weighted by Gasteiger charge is -2.02. The van der Waals surface area contributed by atoms with E-state index in [1.807, 2.05) is 37.3 Å². The lowest BCUT2D eigenvalue weighted by Crippen LogP contribution is -2.07. The molecule has 0 aliphatic heterocycles. The molecule has 0 spiro atoms. The molecular formula is C16H16O2. The van der Waals surface area contributed by atoms with Crippen LogP contribution in [0.2, 0.25) is 0 Å².